The van der Waals surface area contributed by atoms with Gasteiger partial charge in [0.15, 0.2) is 0 Å². The summed E-state index contributed by atoms with van der Waals surface area (Å²) in [6.45, 7) is 0.998. The molecular formula is C14H28OS2. The van der Waals surface area contributed by atoms with Crippen molar-refractivity contribution in [3.8, 4) is 0 Å². The first-order valence-corrected chi connectivity index (χ1v) is 9.02. The molecule has 0 saturated carbocycles. The molecule has 0 N–H and O–H groups in total. The molecule has 1 unspecified atom stereocenters. The Hall–Kier alpha value is 0.660. The van der Waals surface area contributed by atoms with E-state index in [0.29, 0.717) is 6.10 Å². The minimum Gasteiger partial charge on any atom is -0.377 e. The zero-order valence-electron chi connectivity index (χ0n) is 11.0. The van der Waals surface area contributed by atoms with Gasteiger partial charge in [-0.05, 0) is 37.2 Å². The van der Waals surface area contributed by atoms with Gasteiger partial charge in [0.1, 0.15) is 0 Å². The molecule has 0 bridgehead atoms. The third kappa shape index (κ3) is 9.26. The number of thiol groups is 1. The van der Waals surface area contributed by atoms with E-state index < -0.39 is 0 Å². The van der Waals surface area contributed by atoms with Crippen molar-refractivity contribution in [3.63, 3.8) is 0 Å². The molecule has 1 aliphatic rings. The topological polar surface area (TPSA) is 9.23 Å². The average Bonchev–Trinajstić information content (AvgIpc) is 2.85. The van der Waals surface area contributed by atoms with Gasteiger partial charge in [0, 0.05) is 12.4 Å². The van der Waals surface area contributed by atoms with Crippen LogP contribution in [-0.2, 0) is 4.74 Å². The lowest BCUT2D eigenvalue weighted by Crippen LogP contribution is -2.08. The van der Waals surface area contributed by atoms with Crippen molar-refractivity contribution in [2.45, 2.75) is 63.9 Å². The maximum Gasteiger partial charge on any atom is 0.0666 e. The Kier molecular flexibility index (Phi) is 10.8. The van der Waals surface area contributed by atoms with Gasteiger partial charge in [-0.25, -0.2) is 0 Å². The summed E-state index contributed by atoms with van der Waals surface area (Å²) >= 11 is 6.31. The van der Waals surface area contributed by atoms with Gasteiger partial charge in [0.2, 0.25) is 0 Å². The van der Waals surface area contributed by atoms with Crippen LogP contribution in [0.25, 0.3) is 0 Å². The van der Waals surface area contributed by atoms with Crippen LogP contribution in [0.2, 0.25) is 0 Å². The molecule has 0 aliphatic carbocycles. The van der Waals surface area contributed by atoms with Crippen LogP contribution in [0.3, 0.4) is 0 Å². The molecule has 17 heavy (non-hydrogen) atoms. The van der Waals surface area contributed by atoms with Crippen LogP contribution in [0.4, 0.5) is 0 Å². The van der Waals surface area contributed by atoms with Crippen molar-refractivity contribution in [3.05, 3.63) is 0 Å². The van der Waals surface area contributed by atoms with Gasteiger partial charge in [-0.15, -0.1) is 0 Å². The largest absolute Gasteiger partial charge is 0.377 e. The molecule has 1 atom stereocenters. The lowest BCUT2D eigenvalue weighted by atomic mass is 10.1. The second-order valence-electron chi connectivity index (χ2n) is 4.91. The predicted molar refractivity (Wildman–Crippen MR) is 82.5 cm³/mol. The first-order valence-electron chi connectivity index (χ1n) is 7.23. The highest BCUT2D eigenvalue weighted by Crippen LogP contribution is 2.18. The van der Waals surface area contributed by atoms with Crippen LogP contribution in [0, 0.1) is 0 Å². The van der Waals surface area contributed by atoms with E-state index in [4.69, 9.17) is 4.74 Å². The molecule has 0 amide bonds. The van der Waals surface area contributed by atoms with Gasteiger partial charge in [-0.1, -0.05) is 32.1 Å². The van der Waals surface area contributed by atoms with Crippen molar-refractivity contribution in [1.82, 2.24) is 0 Å². The summed E-state index contributed by atoms with van der Waals surface area (Å²) < 4.78 is 5.61. The zero-order chi connectivity index (χ0) is 12.2. The molecular weight excluding hydrogens is 248 g/mol. The molecule has 1 saturated heterocycles. The number of ether oxygens (including phenoxy) is 1. The Balaban J connectivity index is 1.69. The van der Waals surface area contributed by atoms with Gasteiger partial charge in [0.05, 0.1) is 6.10 Å². The highest BCUT2D eigenvalue weighted by molar-refractivity contribution is 7.99. The van der Waals surface area contributed by atoms with E-state index in [0.717, 1.165) is 12.4 Å². The highest BCUT2D eigenvalue weighted by Gasteiger charge is 2.14. The van der Waals surface area contributed by atoms with E-state index in [1.54, 1.807) is 0 Å². The number of thioether (sulfide) groups is 1. The normalized spacial score (nSPS) is 19.9. The molecule has 0 spiro atoms. The van der Waals surface area contributed by atoms with Gasteiger partial charge in [0.25, 0.3) is 0 Å². The van der Waals surface area contributed by atoms with E-state index in [9.17, 15) is 0 Å². The highest BCUT2D eigenvalue weighted by atomic mass is 32.2. The van der Waals surface area contributed by atoms with E-state index in [1.807, 2.05) is 0 Å². The standard InChI is InChI=1S/C14H28OS2/c16-11-6-4-2-1-3-5-7-12-17-13-14-9-8-10-15-14/h14,16H,1-13H2. The quantitative estimate of drug-likeness (QED) is 0.437. The fraction of sp³-hybridized carbons (Fsp3) is 1.00. The van der Waals surface area contributed by atoms with E-state index >= 15 is 0 Å². The Labute approximate surface area is 117 Å². The predicted octanol–water partition coefficient (Wildman–Crippen LogP) is 4.56. The van der Waals surface area contributed by atoms with Crippen molar-refractivity contribution >= 4 is 24.4 Å². The molecule has 0 radical (unpaired) electrons. The summed E-state index contributed by atoms with van der Waals surface area (Å²) in [5.41, 5.74) is 0. The minimum atomic E-state index is 0.571. The van der Waals surface area contributed by atoms with Gasteiger partial charge in [-0.2, -0.15) is 24.4 Å². The van der Waals surface area contributed by atoms with E-state index in [1.165, 1.54) is 69.3 Å². The fourth-order valence-electron chi connectivity index (χ4n) is 2.19. The smallest absolute Gasteiger partial charge is 0.0666 e. The van der Waals surface area contributed by atoms with Gasteiger partial charge >= 0.3 is 0 Å². The zero-order valence-corrected chi connectivity index (χ0v) is 12.7. The number of rotatable bonds is 11. The van der Waals surface area contributed by atoms with Crippen LogP contribution in [0.1, 0.15) is 57.8 Å². The van der Waals surface area contributed by atoms with Gasteiger partial charge < -0.3 is 4.74 Å². The maximum atomic E-state index is 5.61. The molecule has 1 nitrogen and oxygen atoms in total. The first kappa shape index (κ1) is 15.7. The maximum absolute atomic E-state index is 5.61. The molecule has 0 aromatic carbocycles. The summed E-state index contributed by atoms with van der Waals surface area (Å²) in [4.78, 5) is 0. The third-order valence-corrected chi connectivity index (χ3v) is 4.78. The summed E-state index contributed by atoms with van der Waals surface area (Å²) in [5, 5.41) is 0. The lowest BCUT2D eigenvalue weighted by molar-refractivity contribution is 0.129. The summed E-state index contributed by atoms with van der Waals surface area (Å²) in [5.74, 6) is 3.61. The summed E-state index contributed by atoms with van der Waals surface area (Å²) in [7, 11) is 0. The first-order chi connectivity index (χ1) is 8.43. The van der Waals surface area contributed by atoms with Crippen LogP contribution >= 0.6 is 24.4 Å². The fourth-order valence-corrected chi connectivity index (χ4v) is 3.51. The Bertz CT molecular complexity index is 158. The Morgan fingerprint density at radius 3 is 2.35 bits per heavy atom. The van der Waals surface area contributed by atoms with E-state index in [2.05, 4.69) is 24.4 Å². The molecule has 3 heteroatoms. The van der Waals surface area contributed by atoms with Crippen molar-refractivity contribution in [2.24, 2.45) is 0 Å². The molecule has 0 aromatic rings. The monoisotopic (exact) mass is 276 g/mol. The molecule has 0 aromatic heterocycles. The molecule has 1 rings (SSSR count). The van der Waals surface area contributed by atoms with Crippen LogP contribution in [-0.4, -0.2) is 30.0 Å². The average molecular weight is 277 g/mol. The van der Waals surface area contributed by atoms with Crippen molar-refractivity contribution in [1.29, 1.82) is 0 Å². The summed E-state index contributed by atoms with van der Waals surface area (Å²) in [6, 6.07) is 0. The second kappa shape index (κ2) is 11.7. The Morgan fingerprint density at radius 2 is 1.71 bits per heavy atom. The van der Waals surface area contributed by atoms with Crippen molar-refractivity contribution < 1.29 is 4.74 Å². The van der Waals surface area contributed by atoms with Gasteiger partial charge in [-0.3, -0.25) is 0 Å². The molecule has 1 fully saturated rings. The van der Waals surface area contributed by atoms with E-state index in [-0.39, 0.29) is 0 Å². The van der Waals surface area contributed by atoms with Crippen LogP contribution < -0.4 is 0 Å². The molecule has 102 valence electrons. The third-order valence-electron chi connectivity index (χ3n) is 3.27. The SMILES string of the molecule is SCCCCCCCCCSCC1CCCO1. The number of unbranched alkanes of at least 4 members (excludes halogenated alkanes) is 6. The molecule has 1 aliphatic heterocycles. The Morgan fingerprint density at radius 1 is 1.00 bits per heavy atom. The van der Waals surface area contributed by atoms with Crippen LogP contribution in [0.15, 0.2) is 0 Å². The van der Waals surface area contributed by atoms with Crippen molar-refractivity contribution in [2.75, 3.05) is 23.9 Å². The lowest BCUT2D eigenvalue weighted by Gasteiger charge is -2.08. The number of hydrogen-bond acceptors (Lipinski definition) is 3. The second-order valence-corrected chi connectivity index (χ2v) is 6.51. The summed E-state index contributed by atoms with van der Waals surface area (Å²) in [6.07, 6.45) is 12.9. The minimum absolute atomic E-state index is 0.571. The number of hydrogen-bond donors (Lipinski definition) is 1. The van der Waals surface area contributed by atoms with Crippen LogP contribution in [0.5, 0.6) is 0 Å². The molecule has 1 heterocycles.